The van der Waals surface area contributed by atoms with Crippen molar-refractivity contribution in [2.45, 2.75) is 32.7 Å². The summed E-state index contributed by atoms with van der Waals surface area (Å²) in [4.78, 5) is 11.0. The van der Waals surface area contributed by atoms with Gasteiger partial charge in [0.1, 0.15) is 0 Å². The van der Waals surface area contributed by atoms with E-state index in [1.807, 2.05) is 18.7 Å². The van der Waals surface area contributed by atoms with Crippen molar-refractivity contribution in [3.8, 4) is 0 Å². The SMILES string of the molecule is CCNC(=NCCCF)N1CCC(C)C(n2ccnc2)C1. The lowest BCUT2D eigenvalue weighted by atomic mass is 9.93. The van der Waals surface area contributed by atoms with E-state index in [2.05, 4.69) is 38.6 Å². The second-order valence-electron chi connectivity index (χ2n) is 5.57. The van der Waals surface area contributed by atoms with Crippen LogP contribution in [0, 0.1) is 5.92 Å². The zero-order valence-electron chi connectivity index (χ0n) is 13.0. The Labute approximate surface area is 126 Å². The predicted molar refractivity (Wildman–Crippen MR) is 83.2 cm³/mol. The number of halogens is 1. The largest absolute Gasteiger partial charge is 0.357 e. The Kier molecular flexibility index (Phi) is 6.02. The number of nitrogens with zero attached hydrogens (tertiary/aromatic N) is 4. The van der Waals surface area contributed by atoms with Crippen molar-refractivity contribution in [3.63, 3.8) is 0 Å². The molecule has 1 N–H and O–H groups in total. The maximum Gasteiger partial charge on any atom is 0.193 e. The van der Waals surface area contributed by atoms with Crippen molar-refractivity contribution in [2.75, 3.05) is 32.9 Å². The number of aliphatic imine (C=N–C) groups is 1. The number of rotatable bonds is 5. The molecule has 2 rings (SSSR count). The zero-order chi connectivity index (χ0) is 15.1. The van der Waals surface area contributed by atoms with Gasteiger partial charge < -0.3 is 14.8 Å². The van der Waals surface area contributed by atoms with Crippen LogP contribution in [0.5, 0.6) is 0 Å². The summed E-state index contributed by atoms with van der Waals surface area (Å²) in [5.41, 5.74) is 0. The molecule has 0 amide bonds. The first-order valence-corrected chi connectivity index (χ1v) is 7.83. The maximum atomic E-state index is 12.3. The molecule has 0 aromatic carbocycles. The Morgan fingerprint density at radius 1 is 1.52 bits per heavy atom. The number of nitrogens with one attached hydrogen (secondary N) is 1. The summed E-state index contributed by atoms with van der Waals surface area (Å²) in [5, 5.41) is 3.32. The smallest absolute Gasteiger partial charge is 0.193 e. The zero-order valence-corrected chi connectivity index (χ0v) is 13.0. The number of hydrogen-bond acceptors (Lipinski definition) is 2. The molecule has 118 valence electrons. The summed E-state index contributed by atoms with van der Waals surface area (Å²) in [7, 11) is 0. The van der Waals surface area contributed by atoms with Crippen LogP contribution in [-0.4, -0.2) is 53.3 Å². The molecule has 1 aliphatic heterocycles. The molecule has 0 aliphatic carbocycles. The molecule has 2 heterocycles. The van der Waals surface area contributed by atoms with Crippen molar-refractivity contribution >= 4 is 5.96 Å². The molecule has 1 saturated heterocycles. The van der Waals surface area contributed by atoms with Gasteiger partial charge in [-0.3, -0.25) is 9.38 Å². The molecule has 0 saturated carbocycles. The Hall–Kier alpha value is -1.59. The Balaban J connectivity index is 2.05. The van der Waals surface area contributed by atoms with Gasteiger partial charge in [0.2, 0.25) is 0 Å². The molecule has 0 radical (unpaired) electrons. The lowest BCUT2D eigenvalue weighted by Crippen LogP contribution is -2.49. The third kappa shape index (κ3) is 4.19. The van der Waals surface area contributed by atoms with E-state index >= 15 is 0 Å². The number of guanidine groups is 1. The third-order valence-electron chi connectivity index (χ3n) is 4.01. The summed E-state index contributed by atoms with van der Waals surface area (Å²) < 4.78 is 14.4. The minimum Gasteiger partial charge on any atom is -0.357 e. The van der Waals surface area contributed by atoms with E-state index in [0.717, 1.165) is 32.0 Å². The molecule has 2 unspecified atom stereocenters. The number of likely N-dealkylation sites (tertiary alicyclic amines) is 1. The van der Waals surface area contributed by atoms with E-state index in [1.54, 1.807) is 0 Å². The Bertz CT molecular complexity index is 431. The fourth-order valence-corrected chi connectivity index (χ4v) is 2.77. The molecule has 0 bridgehead atoms. The molecule has 0 spiro atoms. The van der Waals surface area contributed by atoms with Crippen molar-refractivity contribution < 1.29 is 4.39 Å². The minimum absolute atomic E-state index is 0.308. The average molecular weight is 295 g/mol. The molecule has 21 heavy (non-hydrogen) atoms. The highest BCUT2D eigenvalue weighted by Gasteiger charge is 2.28. The molecule has 5 nitrogen and oxygen atoms in total. The standard InChI is InChI=1S/C15H26FN5/c1-3-18-15(19-7-4-6-16)20-9-5-13(2)14(11-20)21-10-8-17-12-21/h8,10,12-14H,3-7,9,11H2,1-2H3,(H,18,19). The third-order valence-corrected chi connectivity index (χ3v) is 4.01. The second-order valence-corrected chi connectivity index (χ2v) is 5.57. The summed E-state index contributed by atoms with van der Waals surface area (Å²) in [6.45, 7) is 7.32. The van der Waals surface area contributed by atoms with E-state index in [4.69, 9.17) is 0 Å². The number of aromatic nitrogens is 2. The van der Waals surface area contributed by atoms with Crippen molar-refractivity contribution in [2.24, 2.45) is 10.9 Å². The fourth-order valence-electron chi connectivity index (χ4n) is 2.77. The van der Waals surface area contributed by atoms with Gasteiger partial charge in [-0.25, -0.2) is 4.98 Å². The highest BCUT2D eigenvalue weighted by atomic mass is 19.1. The van der Waals surface area contributed by atoms with E-state index in [-0.39, 0.29) is 6.67 Å². The highest BCUT2D eigenvalue weighted by Crippen LogP contribution is 2.27. The van der Waals surface area contributed by atoms with Gasteiger partial charge in [-0.05, 0) is 25.7 Å². The quantitative estimate of drug-likeness (QED) is 0.514. The lowest BCUT2D eigenvalue weighted by molar-refractivity contribution is 0.189. The summed E-state index contributed by atoms with van der Waals surface area (Å²) in [5.74, 6) is 1.52. The minimum atomic E-state index is -0.308. The second kappa shape index (κ2) is 8.00. The monoisotopic (exact) mass is 295 g/mol. The number of alkyl halides is 1. The first kappa shape index (κ1) is 15.8. The highest BCUT2D eigenvalue weighted by molar-refractivity contribution is 5.80. The van der Waals surface area contributed by atoms with Gasteiger partial charge in [-0.15, -0.1) is 0 Å². The van der Waals surface area contributed by atoms with Gasteiger partial charge in [0, 0.05) is 38.6 Å². The topological polar surface area (TPSA) is 45.5 Å². The van der Waals surface area contributed by atoms with Gasteiger partial charge >= 0.3 is 0 Å². The van der Waals surface area contributed by atoms with Crippen molar-refractivity contribution in [3.05, 3.63) is 18.7 Å². The molecular weight excluding hydrogens is 269 g/mol. The molecule has 6 heteroatoms. The average Bonchev–Trinajstić information content (AvgIpc) is 3.01. The van der Waals surface area contributed by atoms with Crippen LogP contribution in [0.1, 0.15) is 32.7 Å². The van der Waals surface area contributed by atoms with Crippen LogP contribution >= 0.6 is 0 Å². The molecule has 1 aromatic heterocycles. The summed E-state index contributed by atoms with van der Waals surface area (Å²) in [6.07, 6.45) is 7.35. The molecule has 1 fully saturated rings. The molecule has 1 aliphatic rings. The van der Waals surface area contributed by atoms with Gasteiger partial charge in [-0.1, -0.05) is 6.92 Å². The number of hydrogen-bond donors (Lipinski definition) is 1. The van der Waals surface area contributed by atoms with Gasteiger partial charge in [0.05, 0.1) is 19.0 Å². The Morgan fingerprint density at radius 3 is 3.05 bits per heavy atom. The Morgan fingerprint density at radius 2 is 2.38 bits per heavy atom. The van der Waals surface area contributed by atoms with Crippen LogP contribution < -0.4 is 5.32 Å². The lowest BCUT2D eigenvalue weighted by Gasteiger charge is -2.39. The maximum absolute atomic E-state index is 12.3. The summed E-state index contributed by atoms with van der Waals surface area (Å²) >= 11 is 0. The van der Waals surface area contributed by atoms with Gasteiger partial charge in [0.15, 0.2) is 5.96 Å². The van der Waals surface area contributed by atoms with Crippen LogP contribution in [0.2, 0.25) is 0 Å². The van der Waals surface area contributed by atoms with Gasteiger partial charge in [0.25, 0.3) is 0 Å². The van der Waals surface area contributed by atoms with E-state index < -0.39 is 0 Å². The van der Waals surface area contributed by atoms with E-state index in [1.165, 1.54) is 0 Å². The van der Waals surface area contributed by atoms with E-state index in [0.29, 0.717) is 24.9 Å². The van der Waals surface area contributed by atoms with Crippen LogP contribution in [0.15, 0.2) is 23.7 Å². The predicted octanol–water partition coefficient (Wildman–Crippen LogP) is 2.09. The normalized spacial score (nSPS) is 23.4. The van der Waals surface area contributed by atoms with Crippen molar-refractivity contribution in [1.82, 2.24) is 19.8 Å². The van der Waals surface area contributed by atoms with Crippen molar-refractivity contribution in [1.29, 1.82) is 0 Å². The number of imidazole rings is 1. The fraction of sp³-hybridized carbons (Fsp3) is 0.733. The molecule has 2 atom stereocenters. The van der Waals surface area contributed by atoms with E-state index in [9.17, 15) is 4.39 Å². The summed E-state index contributed by atoms with van der Waals surface area (Å²) in [6, 6.07) is 0.409. The van der Waals surface area contributed by atoms with Crippen LogP contribution in [0.25, 0.3) is 0 Å². The first-order valence-electron chi connectivity index (χ1n) is 7.83. The van der Waals surface area contributed by atoms with Gasteiger partial charge in [-0.2, -0.15) is 0 Å². The molecule has 1 aromatic rings. The van der Waals surface area contributed by atoms with Crippen LogP contribution in [0.4, 0.5) is 4.39 Å². The first-order chi connectivity index (χ1) is 10.3. The molecular formula is C15H26FN5. The van der Waals surface area contributed by atoms with Crippen LogP contribution in [0.3, 0.4) is 0 Å². The number of piperidine rings is 1. The van der Waals surface area contributed by atoms with Crippen LogP contribution in [-0.2, 0) is 0 Å².